The van der Waals surface area contributed by atoms with Gasteiger partial charge in [0.2, 0.25) is 0 Å². The molecule has 0 radical (unpaired) electrons. The topological polar surface area (TPSA) is 41.6 Å². The first-order valence-electron chi connectivity index (χ1n) is 7.57. The number of nitrogens with one attached hydrogen (secondary N) is 1. The molecule has 0 aliphatic carbocycles. The van der Waals surface area contributed by atoms with E-state index in [0.29, 0.717) is 6.54 Å². The summed E-state index contributed by atoms with van der Waals surface area (Å²) in [7, 11) is 0. The van der Waals surface area contributed by atoms with E-state index in [4.69, 9.17) is 4.74 Å². The van der Waals surface area contributed by atoms with E-state index in [-0.39, 0.29) is 17.7 Å². The van der Waals surface area contributed by atoms with E-state index in [1.807, 2.05) is 12.1 Å². The van der Waals surface area contributed by atoms with Gasteiger partial charge in [-0.2, -0.15) is 0 Å². The summed E-state index contributed by atoms with van der Waals surface area (Å²) in [6.07, 6.45) is -0.296. The van der Waals surface area contributed by atoms with Gasteiger partial charge in [-0.1, -0.05) is 60.7 Å². The van der Waals surface area contributed by atoms with Crippen LogP contribution in [0, 0.1) is 0 Å². The van der Waals surface area contributed by atoms with Crippen molar-refractivity contribution >= 4 is 6.09 Å². The maximum Gasteiger partial charge on any atom is 0.407 e. The number of alkyl carbamates (subject to hydrolysis) is 1. The third-order valence-electron chi connectivity index (χ3n) is 4.44. The van der Waals surface area contributed by atoms with Crippen molar-refractivity contribution in [2.45, 2.75) is 11.6 Å². The zero-order valence-electron chi connectivity index (χ0n) is 12.2. The number of carbonyl (C=O) groups excluding carboxylic acids is 1. The lowest BCUT2D eigenvalue weighted by molar-refractivity contribution is -0.0859. The van der Waals surface area contributed by atoms with E-state index >= 15 is 0 Å². The van der Waals surface area contributed by atoms with E-state index in [0.717, 1.165) is 13.1 Å². The van der Waals surface area contributed by atoms with Gasteiger partial charge in [0.15, 0.2) is 5.60 Å². The number of amides is 1. The van der Waals surface area contributed by atoms with Crippen molar-refractivity contribution in [3.63, 3.8) is 0 Å². The van der Waals surface area contributed by atoms with Crippen LogP contribution >= 0.6 is 0 Å². The Morgan fingerprint density at radius 3 is 1.95 bits per heavy atom. The average Bonchev–Trinajstić information content (AvgIpc) is 2.92. The Bertz CT molecular complexity index is 627. The molecule has 0 bridgehead atoms. The van der Waals surface area contributed by atoms with Crippen LogP contribution in [0.1, 0.15) is 17.2 Å². The number of likely N-dealkylation sites (tertiary alicyclic amines) is 1. The SMILES string of the molecule is O=C1NCC2(CN(C(c3ccccc3)c3ccccc3)C2)O1. The van der Waals surface area contributed by atoms with Gasteiger partial charge in [0.05, 0.1) is 12.6 Å². The van der Waals surface area contributed by atoms with Gasteiger partial charge >= 0.3 is 6.09 Å². The largest absolute Gasteiger partial charge is 0.438 e. The number of nitrogens with zero attached hydrogens (tertiary/aromatic N) is 1. The molecule has 0 saturated carbocycles. The molecule has 2 aromatic rings. The Hall–Kier alpha value is -2.33. The summed E-state index contributed by atoms with van der Waals surface area (Å²) in [4.78, 5) is 13.7. The first kappa shape index (κ1) is 13.3. The highest BCUT2D eigenvalue weighted by molar-refractivity contribution is 5.70. The minimum absolute atomic E-state index is 0.201. The Balaban J connectivity index is 1.61. The van der Waals surface area contributed by atoms with Crippen LogP contribution in [0.15, 0.2) is 60.7 Å². The third-order valence-corrected chi connectivity index (χ3v) is 4.44. The first-order valence-corrected chi connectivity index (χ1v) is 7.57. The van der Waals surface area contributed by atoms with Crippen LogP contribution in [0.2, 0.25) is 0 Å². The third kappa shape index (κ3) is 2.25. The molecule has 4 nitrogen and oxygen atoms in total. The van der Waals surface area contributed by atoms with Crippen LogP contribution in [0.5, 0.6) is 0 Å². The highest BCUT2D eigenvalue weighted by Crippen LogP contribution is 2.38. The number of carbonyl (C=O) groups is 1. The molecule has 112 valence electrons. The predicted octanol–water partition coefficient (Wildman–Crippen LogP) is 2.57. The fourth-order valence-corrected chi connectivity index (χ4v) is 3.44. The average molecular weight is 294 g/mol. The maximum absolute atomic E-state index is 11.3. The van der Waals surface area contributed by atoms with Crippen molar-refractivity contribution in [2.75, 3.05) is 19.6 Å². The molecular weight excluding hydrogens is 276 g/mol. The van der Waals surface area contributed by atoms with Gasteiger partial charge in [-0.05, 0) is 11.1 Å². The summed E-state index contributed by atoms with van der Waals surface area (Å²) in [6.45, 7) is 2.14. The normalized spacial score (nSPS) is 19.8. The molecule has 22 heavy (non-hydrogen) atoms. The molecule has 2 aromatic carbocycles. The number of hydrogen-bond acceptors (Lipinski definition) is 3. The van der Waals surface area contributed by atoms with Crippen molar-refractivity contribution in [1.82, 2.24) is 10.2 Å². The van der Waals surface area contributed by atoms with Crippen LogP contribution in [0.3, 0.4) is 0 Å². The van der Waals surface area contributed by atoms with E-state index < -0.39 is 0 Å². The summed E-state index contributed by atoms with van der Waals surface area (Å²) in [6, 6.07) is 21.2. The monoisotopic (exact) mass is 294 g/mol. The molecular formula is C18H18N2O2. The fraction of sp³-hybridized carbons (Fsp3) is 0.278. The molecule has 2 aliphatic rings. The van der Waals surface area contributed by atoms with Crippen molar-refractivity contribution in [1.29, 1.82) is 0 Å². The molecule has 4 heteroatoms. The number of benzene rings is 2. The first-order chi connectivity index (χ1) is 10.8. The second kappa shape index (κ2) is 5.14. The Morgan fingerprint density at radius 1 is 0.955 bits per heavy atom. The van der Waals surface area contributed by atoms with Crippen LogP contribution in [-0.4, -0.2) is 36.2 Å². The number of rotatable bonds is 3. The summed E-state index contributed by atoms with van der Waals surface area (Å²) in [5, 5.41) is 2.76. The van der Waals surface area contributed by atoms with E-state index in [9.17, 15) is 4.79 Å². The highest BCUT2D eigenvalue weighted by Gasteiger charge is 2.52. The molecule has 1 amide bonds. The lowest BCUT2D eigenvalue weighted by Crippen LogP contribution is -2.64. The number of ether oxygens (including phenoxy) is 1. The predicted molar refractivity (Wildman–Crippen MR) is 83.5 cm³/mol. The Morgan fingerprint density at radius 2 is 1.50 bits per heavy atom. The van der Waals surface area contributed by atoms with E-state index in [1.54, 1.807) is 0 Å². The molecule has 0 unspecified atom stereocenters. The molecule has 1 spiro atoms. The standard InChI is InChI=1S/C18H18N2O2/c21-17-19-11-18(22-17)12-20(13-18)16(14-7-3-1-4-8-14)15-9-5-2-6-10-15/h1-10,16H,11-13H2,(H,19,21). The summed E-state index contributed by atoms with van der Waals surface area (Å²) in [5.74, 6) is 0. The van der Waals surface area contributed by atoms with Crippen molar-refractivity contribution in [2.24, 2.45) is 0 Å². The van der Waals surface area contributed by atoms with Crippen molar-refractivity contribution < 1.29 is 9.53 Å². The van der Waals surface area contributed by atoms with Crippen LogP contribution in [0.4, 0.5) is 4.79 Å². The van der Waals surface area contributed by atoms with Crippen molar-refractivity contribution in [3.05, 3.63) is 71.8 Å². The van der Waals surface area contributed by atoms with Crippen LogP contribution < -0.4 is 5.32 Å². The minimum atomic E-state index is -0.334. The summed E-state index contributed by atoms with van der Waals surface area (Å²) < 4.78 is 5.45. The smallest absolute Gasteiger partial charge is 0.407 e. The van der Waals surface area contributed by atoms with Gasteiger partial charge in [-0.3, -0.25) is 4.90 Å². The minimum Gasteiger partial charge on any atom is -0.438 e. The van der Waals surface area contributed by atoms with Crippen molar-refractivity contribution in [3.8, 4) is 0 Å². The highest BCUT2D eigenvalue weighted by atomic mass is 16.6. The molecule has 2 saturated heterocycles. The van der Waals surface area contributed by atoms with Gasteiger partial charge in [0.1, 0.15) is 0 Å². The van der Waals surface area contributed by atoms with Gasteiger partial charge in [0.25, 0.3) is 0 Å². The summed E-state index contributed by atoms with van der Waals surface area (Å²) >= 11 is 0. The lowest BCUT2D eigenvalue weighted by Gasteiger charge is -2.49. The van der Waals surface area contributed by atoms with E-state index in [1.165, 1.54) is 11.1 Å². The van der Waals surface area contributed by atoms with Gasteiger partial charge in [0, 0.05) is 13.1 Å². The van der Waals surface area contributed by atoms with Gasteiger partial charge in [-0.25, -0.2) is 4.79 Å². The van der Waals surface area contributed by atoms with Gasteiger partial charge in [-0.15, -0.1) is 0 Å². The zero-order valence-corrected chi connectivity index (χ0v) is 12.2. The Labute approximate surface area is 129 Å². The van der Waals surface area contributed by atoms with Crippen LogP contribution in [-0.2, 0) is 4.74 Å². The molecule has 0 aromatic heterocycles. The molecule has 4 rings (SSSR count). The second-order valence-corrected chi connectivity index (χ2v) is 6.05. The lowest BCUT2D eigenvalue weighted by atomic mass is 9.87. The molecule has 2 fully saturated rings. The second-order valence-electron chi connectivity index (χ2n) is 6.05. The quantitative estimate of drug-likeness (QED) is 0.946. The van der Waals surface area contributed by atoms with Crippen LogP contribution in [0.25, 0.3) is 0 Å². The maximum atomic E-state index is 11.3. The van der Waals surface area contributed by atoms with Gasteiger partial charge < -0.3 is 10.1 Å². The summed E-state index contributed by atoms with van der Waals surface area (Å²) in [5.41, 5.74) is 2.19. The van der Waals surface area contributed by atoms with E-state index in [2.05, 4.69) is 58.7 Å². The molecule has 1 N–H and O–H groups in total. The Kier molecular flexibility index (Phi) is 3.12. The number of hydrogen-bond donors (Lipinski definition) is 1. The molecule has 2 heterocycles. The fourth-order valence-electron chi connectivity index (χ4n) is 3.44. The molecule has 0 atom stereocenters. The zero-order chi connectivity index (χ0) is 15.0. The molecule has 2 aliphatic heterocycles.